The molecule has 2 N–H and O–H groups in total. The van der Waals surface area contributed by atoms with E-state index in [0.717, 1.165) is 25.6 Å². The van der Waals surface area contributed by atoms with E-state index < -0.39 is 15.8 Å². The molecule has 0 saturated carbocycles. The number of rotatable bonds is 3. The zero-order chi connectivity index (χ0) is 13.2. The van der Waals surface area contributed by atoms with E-state index in [1.807, 2.05) is 6.92 Å². The molecule has 0 bridgehead atoms. The molecular formula is C12H17FN2O2S. The standard InChI is InChI=1S/C12H17FN2O2S/c1-9-8-14-6-5-12(9)15-18(16,17)11-4-2-3-10(13)7-11/h2-4,7,9,12,14-15H,5-6,8H2,1H3. The molecule has 1 fully saturated rings. The van der Waals surface area contributed by atoms with E-state index in [-0.39, 0.29) is 16.9 Å². The highest BCUT2D eigenvalue weighted by molar-refractivity contribution is 7.89. The molecule has 1 aliphatic heterocycles. The fourth-order valence-electron chi connectivity index (χ4n) is 2.09. The highest BCUT2D eigenvalue weighted by Gasteiger charge is 2.26. The lowest BCUT2D eigenvalue weighted by atomic mass is 9.97. The number of hydrogen-bond donors (Lipinski definition) is 2. The van der Waals surface area contributed by atoms with Gasteiger partial charge in [-0.05, 0) is 43.6 Å². The van der Waals surface area contributed by atoms with E-state index in [0.29, 0.717) is 0 Å². The second-order valence-electron chi connectivity index (χ2n) is 4.66. The van der Waals surface area contributed by atoms with Gasteiger partial charge in [0.2, 0.25) is 10.0 Å². The number of nitrogens with one attached hydrogen (secondary N) is 2. The Hall–Kier alpha value is -0.980. The molecule has 2 atom stereocenters. The molecule has 1 saturated heterocycles. The smallest absolute Gasteiger partial charge is 0.240 e. The molecule has 6 heteroatoms. The Labute approximate surface area is 107 Å². The van der Waals surface area contributed by atoms with Gasteiger partial charge in [0.25, 0.3) is 0 Å². The first-order valence-electron chi connectivity index (χ1n) is 5.97. The Bertz CT molecular complexity index is 519. The van der Waals surface area contributed by atoms with Crippen LogP contribution in [0.25, 0.3) is 0 Å². The van der Waals surface area contributed by atoms with Gasteiger partial charge in [-0.1, -0.05) is 13.0 Å². The van der Waals surface area contributed by atoms with Gasteiger partial charge in [-0.25, -0.2) is 17.5 Å². The maximum absolute atomic E-state index is 13.1. The topological polar surface area (TPSA) is 58.2 Å². The molecule has 1 heterocycles. The summed E-state index contributed by atoms with van der Waals surface area (Å²) in [5.74, 6) is -0.321. The first kappa shape index (κ1) is 13.5. The monoisotopic (exact) mass is 272 g/mol. The highest BCUT2D eigenvalue weighted by Crippen LogP contribution is 2.16. The summed E-state index contributed by atoms with van der Waals surface area (Å²) in [5, 5.41) is 3.20. The minimum Gasteiger partial charge on any atom is -0.316 e. The van der Waals surface area contributed by atoms with Gasteiger partial charge in [0.1, 0.15) is 5.82 Å². The van der Waals surface area contributed by atoms with E-state index >= 15 is 0 Å². The number of hydrogen-bond acceptors (Lipinski definition) is 3. The van der Waals surface area contributed by atoms with Crippen LogP contribution in [0.3, 0.4) is 0 Å². The zero-order valence-electron chi connectivity index (χ0n) is 10.2. The van der Waals surface area contributed by atoms with Crippen molar-refractivity contribution in [1.82, 2.24) is 10.0 Å². The minimum atomic E-state index is -3.63. The fraction of sp³-hybridized carbons (Fsp3) is 0.500. The number of benzene rings is 1. The summed E-state index contributed by atoms with van der Waals surface area (Å²) in [4.78, 5) is -0.0202. The van der Waals surface area contributed by atoms with Crippen LogP contribution < -0.4 is 10.0 Å². The lowest BCUT2D eigenvalue weighted by Crippen LogP contribution is -2.48. The van der Waals surface area contributed by atoms with Crippen molar-refractivity contribution in [3.63, 3.8) is 0 Å². The number of halogens is 1. The molecule has 0 aliphatic carbocycles. The van der Waals surface area contributed by atoms with Crippen molar-refractivity contribution >= 4 is 10.0 Å². The first-order chi connectivity index (χ1) is 8.49. The average molecular weight is 272 g/mol. The Morgan fingerprint density at radius 1 is 1.44 bits per heavy atom. The summed E-state index contributed by atoms with van der Waals surface area (Å²) in [7, 11) is -3.63. The molecule has 0 amide bonds. The van der Waals surface area contributed by atoms with Crippen molar-refractivity contribution < 1.29 is 12.8 Å². The summed E-state index contributed by atoms with van der Waals surface area (Å²) >= 11 is 0. The molecule has 1 aliphatic rings. The summed E-state index contributed by atoms with van der Waals surface area (Å²) in [6.07, 6.45) is 0.746. The van der Waals surface area contributed by atoms with Crippen molar-refractivity contribution in [2.24, 2.45) is 5.92 Å². The second kappa shape index (κ2) is 5.34. The van der Waals surface area contributed by atoms with Crippen molar-refractivity contribution in [3.05, 3.63) is 30.1 Å². The van der Waals surface area contributed by atoms with Crippen molar-refractivity contribution in [2.45, 2.75) is 24.3 Å². The van der Waals surface area contributed by atoms with Gasteiger partial charge in [-0.3, -0.25) is 0 Å². The Kier molecular flexibility index (Phi) is 3.99. The van der Waals surface area contributed by atoms with Crippen molar-refractivity contribution in [2.75, 3.05) is 13.1 Å². The van der Waals surface area contributed by atoms with Gasteiger partial charge in [-0.15, -0.1) is 0 Å². The Morgan fingerprint density at radius 3 is 2.89 bits per heavy atom. The normalized spacial score (nSPS) is 25.0. The van der Waals surface area contributed by atoms with Gasteiger partial charge in [-0.2, -0.15) is 0 Å². The quantitative estimate of drug-likeness (QED) is 0.866. The van der Waals surface area contributed by atoms with Crippen LogP contribution in [0.2, 0.25) is 0 Å². The maximum Gasteiger partial charge on any atom is 0.240 e. The second-order valence-corrected chi connectivity index (χ2v) is 6.37. The summed E-state index contributed by atoms with van der Waals surface area (Å²) in [6, 6.07) is 4.96. The van der Waals surface area contributed by atoms with Crippen LogP contribution in [0.15, 0.2) is 29.2 Å². The van der Waals surface area contributed by atoms with Gasteiger partial charge >= 0.3 is 0 Å². The van der Waals surface area contributed by atoms with Crippen LogP contribution in [0.5, 0.6) is 0 Å². The Balaban J connectivity index is 2.16. The van der Waals surface area contributed by atoms with Gasteiger partial charge in [0.15, 0.2) is 0 Å². The average Bonchev–Trinajstić information content (AvgIpc) is 2.32. The lowest BCUT2D eigenvalue weighted by Gasteiger charge is -2.29. The third kappa shape index (κ3) is 3.07. The summed E-state index contributed by atoms with van der Waals surface area (Å²) in [5.41, 5.74) is 0. The molecule has 2 rings (SSSR count). The van der Waals surface area contributed by atoms with Crippen LogP contribution in [0, 0.1) is 11.7 Å². The summed E-state index contributed by atoms with van der Waals surface area (Å²) < 4.78 is 39.9. The molecule has 0 radical (unpaired) electrons. The minimum absolute atomic E-state index is 0.0202. The molecule has 2 unspecified atom stereocenters. The largest absolute Gasteiger partial charge is 0.316 e. The van der Waals surface area contributed by atoms with Crippen LogP contribution in [0.4, 0.5) is 4.39 Å². The maximum atomic E-state index is 13.1. The number of sulfonamides is 1. The van der Waals surface area contributed by atoms with Crippen LogP contribution >= 0.6 is 0 Å². The van der Waals surface area contributed by atoms with Crippen molar-refractivity contribution in [3.8, 4) is 0 Å². The Morgan fingerprint density at radius 2 is 2.22 bits per heavy atom. The van der Waals surface area contributed by atoms with E-state index in [2.05, 4.69) is 10.0 Å². The molecule has 18 heavy (non-hydrogen) atoms. The lowest BCUT2D eigenvalue weighted by molar-refractivity contribution is 0.328. The van der Waals surface area contributed by atoms with E-state index in [1.54, 1.807) is 0 Å². The molecule has 0 spiro atoms. The zero-order valence-corrected chi connectivity index (χ0v) is 11.0. The van der Waals surface area contributed by atoms with Gasteiger partial charge < -0.3 is 5.32 Å². The van der Waals surface area contributed by atoms with Crippen molar-refractivity contribution in [1.29, 1.82) is 0 Å². The predicted octanol–water partition coefficient (Wildman–Crippen LogP) is 1.10. The van der Waals surface area contributed by atoms with Gasteiger partial charge in [0.05, 0.1) is 4.90 Å². The molecule has 100 valence electrons. The van der Waals surface area contributed by atoms with Crippen LogP contribution in [-0.2, 0) is 10.0 Å². The SMILES string of the molecule is CC1CNCCC1NS(=O)(=O)c1cccc(F)c1. The third-order valence-electron chi connectivity index (χ3n) is 3.20. The van der Waals surface area contributed by atoms with E-state index in [4.69, 9.17) is 0 Å². The van der Waals surface area contributed by atoms with Crippen LogP contribution in [-0.4, -0.2) is 27.5 Å². The molecule has 4 nitrogen and oxygen atoms in total. The predicted molar refractivity (Wildman–Crippen MR) is 67.2 cm³/mol. The molecule has 0 aromatic heterocycles. The number of piperidine rings is 1. The molecule has 1 aromatic carbocycles. The first-order valence-corrected chi connectivity index (χ1v) is 7.46. The molecular weight excluding hydrogens is 255 g/mol. The van der Waals surface area contributed by atoms with Crippen LogP contribution in [0.1, 0.15) is 13.3 Å². The summed E-state index contributed by atoms with van der Waals surface area (Å²) in [6.45, 7) is 3.57. The van der Waals surface area contributed by atoms with Gasteiger partial charge in [0, 0.05) is 6.04 Å². The third-order valence-corrected chi connectivity index (χ3v) is 4.69. The van der Waals surface area contributed by atoms with E-state index in [9.17, 15) is 12.8 Å². The molecule has 1 aromatic rings. The highest BCUT2D eigenvalue weighted by atomic mass is 32.2. The van der Waals surface area contributed by atoms with E-state index in [1.165, 1.54) is 18.2 Å². The fourth-order valence-corrected chi connectivity index (χ4v) is 3.50.